The molecule has 0 aromatic heterocycles. The SMILES string of the molecule is Cc1ccc(CCNCC2CNCCO2)cc1. The normalized spacial score (nSPS) is 20.4. The zero-order valence-electron chi connectivity index (χ0n) is 10.5. The third-order valence-electron chi connectivity index (χ3n) is 3.09. The Morgan fingerprint density at radius 1 is 1.35 bits per heavy atom. The second-order valence-electron chi connectivity index (χ2n) is 4.64. The first kappa shape index (κ1) is 12.6. The zero-order chi connectivity index (χ0) is 11.9. The van der Waals surface area contributed by atoms with E-state index in [1.165, 1.54) is 11.1 Å². The molecular formula is C14H22N2O. The van der Waals surface area contributed by atoms with Crippen molar-refractivity contribution in [2.45, 2.75) is 19.4 Å². The van der Waals surface area contributed by atoms with Crippen LogP contribution in [0.2, 0.25) is 0 Å². The van der Waals surface area contributed by atoms with E-state index in [9.17, 15) is 0 Å². The molecule has 2 N–H and O–H groups in total. The van der Waals surface area contributed by atoms with Crippen molar-refractivity contribution in [1.82, 2.24) is 10.6 Å². The van der Waals surface area contributed by atoms with E-state index in [4.69, 9.17) is 4.74 Å². The molecule has 1 atom stereocenters. The molecule has 2 rings (SSSR count). The molecule has 0 saturated carbocycles. The van der Waals surface area contributed by atoms with Crippen molar-refractivity contribution in [1.29, 1.82) is 0 Å². The number of hydrogen-bond donors (Lipinski definition) is 2. The highest BCUT2D eigenvalue weighted by atomic mass is 16.5. The lowest BCUT2D eigenvalue weighted by Crippen LogP contribution is -2.44. The highest BCUT2D eigenvalue weighted by Crippen LogP contribution is 2.03. The Morgan fingerprint density at radius 3 is 2.88 bits per heavy atom. The highest BCUT2D eigenvalue weighted by Gasteiger charge is 2.11. The first-order chi connectivity index (χ1) is 8.34. The molecule has 0 aliphatic carbocycles. The molecule has 17 heavy (non-hydrogen) atoms. The molecule has 94 valence electrons. The molecule has 0 bridgehead atoms. The van der Waals surface area contributed by atoms with Crippen LogP contribution >= 0.6 is 0 Å². The summed E-state index contributed by atoms with van der Waals surface area (Å²) in [6.07, 6.45) is 1.42. The van der Waals surface area contributed by atoms with Crippen molar-refractivity contribution in [2.24, 2.45) is 0 Å². The predicted octanol–water partition coefficient (Wildman–Crippen LogP) is 1.12. The topological polar surface area (TPSA) is 33.3 Å². The van der Waals surface area contributed by atoms with Crippen LogP contribution in [-0.2, 0) is 11.2 Å². The number of aryl methyl sites for hydroxylation is 1. The number of hydrogen-bond acceptors (Lipinski definition) is 3. The summed E-state index contributed by atoms with van der Waals surface area (Å²) < 4.78 is 5.62. The minimum Gasteiger partial charge on any atom is -0.374 e. The van der Waals surface area contributed by atoms with Gasteiger partial charge in [-0.2, -0.15) is 0 Å². The fourth-order valence-corrected chi connectivity index (χ4v) is 2.00. The van der Waals surface area contributed by atoms with Crippen molar-refractivity contribution in [3.05, 3.63) is 35.4 Å². The van der Waals surface area contributed by atoms with Crippen LogP contribution in [0.1, 0.15) is 11.1 Å². The van der Waals surface area contributed by atoms with Gasteiger partial charge in [0, 0.05) is 19.6 Å². The van der Waals surface area contributed by atoms with Crippen LogP contribution in [0.4, 0.5) is 0 Å². The molecule has 0 spiro atoms. The third-order valence-corrected chi connectivity index (χ3v) is 3.09. The molecule has 1 aliphatic rings. The van der Waals surface area contributed by atoms with E-state index < -0.39 is 0 Å². The summed E-state index contributed by atoms with van der Waals surface area (Å²) in [5.74, 6) is 0. The van der Waals surface area contributed by atoms with Gasteiger partial charge >= 0.3 is 0 Å². The largest absolute Gasteiger partial charge is 0.374 e. The van der Waals surface area contributed by atoms with Crippen LogP contribution in [0.15, 0.2) is 24.3 Å². The quantitative estimate of drug-likeness (QED) is 0.749. The smallest absolute Gasteiger partial charge is 0.0824 e. The number of ether oxygens (including phenoxy) is 1. The molecule has 1 fully saturated rings. The molecule has 1 aromatic rings. The maximum Gasteiger partial charge on any atom is 0.0824 e. The highest BCUT2D eigenvalue weighted by molar-refractivity contribution is 5.21. The fourth-order valence-electron chi connectivity index (χ4n) is 2.00. The Labute approximate surface area is 104 Å². The second kappa shape index (κ2) is 6.74. The van der Waals surface area contributed by atoms with Crippen molar-refractivity contribution >= 4 is 0 Å². The Morgan fingerprint density at radius 2 is 2.18 bits per heavy atom. The van der Waals surface area contributed by atoms with Crippen molar-refractivity contribution in [3.63, 3.8) is 0 Å². The molecule has 0 radical (unpaired) electrons. The molecular weight excluding hydrogens is 212 g/mol. The van der Waals surface area contributed by atoms with Gasteiger partial charge in [0.2, 0.25) is 0 Å². The lowest BCUT2D eigenvalue weighted by Gasteiger charge is -2.23. The minimum atomic E-state index is 0.335. The zero-order valence-corrected chi connectivity index (χ0v) is 10.5. The van der Waals surface area contributed by atoms with Crippen LogP contribution in [0.25, 0.3) is 0 Å². The van der Waals surface area contributed by atoms with Gasteiger partial charge in [0.05, 0.1) is 12.7 Å². The van der Waals surface area contributed by atoms with E-state index >= 15 is 0 Å². The summed E-state index contributed by atoms with van der Waals surface area (Å²) in [6.45, 7) is 6.87. The van der Waals surface area contributed by atoms with Crippen molar-refractivity contribution < 1.29 is 4.74 Å². The maximum absolute atomic E-state index is 5.62. The van der Waals surface area contributed by atoms with Crippen LogP contribution in [-0.4, -0.2) is 38.9 Å². The van der Waals surface area contributed by atoms with E-state index in [1.54, 1.807) is 0 Å². The lowest BCUT2D eigenvalue weighted by atomic mass is 10.1. The number of rotatable bonds is 5. The van der Waals surface area contributed by atoms with Crippen LogP contribution in [0, 0.1) is 6.92 Å². The lowest BCUT2D eigenvalue weighted by molar-refractivity contribution is 0.0294. The van der Waals surface area contributed by atoms with Gasteiger partial charge in [0.1, 0.15) is 0 Å². The van der Waals surface area contributed by atoms with E-state index in [-0.39, 0.29) is 0 Å². The monoisotopic (exact) mass is 234 g/mol. The Balaban J connectivity index is 1.60. The average molecular weight is 234 g/mol. The number of nitrogens with one attached hydrogen (secondary N) is 2. The molecule has 3 heteroatoms. The molecule has 0 amide bonds. The van der Waals surface area contributed by atoms with E-state index in [0.717, 1.165) is 39.2 Å². The van der Waals surface area contributed by atoms with Crippen LogP contribution < -0.4 is 10.6 Å². The van der Waals surface area contributed by atoms with Crippen LogP contribution in [0.3, 0.4) is 0 Å². The third kappa shape index (κ3) is 4.46. The molecule has 1 aliphatic heterocycles. The van der Waals surface area contributed by atoms with Crippen LogP contribution in [0.5, 0.6) is 0 Å². The standard InChI is InChI=1S/C14H22N2O/c1-12-2-4-13(5-3-12)6-7-15-10-14-11-16-8-9-17-14/h2-5,14-16H,6-11H2,1H3. The maximum atomic E-state index is 5.62. The molecule has 1 aromatic carbocycles. The van der Waals surface area contributed by atoms with Gasteiger partial charge in [-0.1, -0.05) is 29.8 Å². The number of morpholine rings is 1. The summed E-state index contributed by atoms with van der Waals surface area (Å²) in [7, 11) is 0. The first-order valence-electron chi connectivity index (χ1n) is 6.43. The van der Waals surface area contributed by atoms with Gasteiger partial charge in [0.15, 0.2) is 0 Å². The molecule has 1 unspecified atom stereocenters. The average Bonchev–Trinajstić information content (AvgIpc) is 2.38. The minimum absolute atomic E-state index is 0.335. The summed E-state index contributed by atoms with van der Waals surface area (Å²) in [6, 6.07) is 8.75. The first-order valence-corrected chi connectivity index (χ1v) is 6.43. The van der Waals surface area contributed by atoms with E-state index in [2.05, 4.69) is 41.8 Å². The fraction of sp³-hybridized carbons (Fsp3) is 0.571. The van der Waals surface area contributed by atoms with Gasteiger partial charge in [-0.05, 0) is 25.5 Å². The Bertz CT molecular complexity index is 317. The number of benzene rings is 1. The summed E-state index contributed by atoms with van der Waals surface area (Å²) in [4.78, 5) is 0. The molecule has 1 saturated heterocycles. The second-order valence-corrected chi connectivity index (χ2v) is 4.64. The van der Waals surface area contributed by atoms with Gasteiger partial charge in [-0.25, -0.2) is 0 Å². The van der Waals surface area contributed by atoms with Crippen molar-refractivity contribution in [2.75, 3.05) is 32.8 Å². The van der Waals surface area contributed by atoms with E-state index in [0.29, 0.717) is 6.10 Å². The van der Waals surface area contributed by atoms with Crippen molar-refractivity contribution in [3.8, 4) is 0 Å². The van der Waals surface area contributed by atoms with E-state index in [1.807, 2.05) is 0 Å². The van der Waals surface area contributed by atoms with Gasteiger partial charge in [0.25, 0.3) is 0 Å². The summed E-state index contributed by atoms with van der Waals surface area (Å²) >= 11 is 0. The Kier molecular flexibility index (Phi) is 4.98. The van der Waals surface area contributed by atoms with Gasteiger partial charge < -0.3 is 15.4 Å². The Hall–Kier alpha value is -0.900. The molecule has 1 heterocycles. The summed E-state index contributed by atoms with van der Waals surface area (Å²) in [5, 5.41) is 6.79. The summed E-state index contributed by atoms with van der Waals surface area (Å²) in [5.41, 5.74) is 2.72. The predicted molar refractivity (Wildman–Crippen MR) is 70.4 cm³/mol. The van der Waals surface area contributed by atoms with Gasteiger partial charge in [-0.3, -0.25) is 0 Å². The molecule has 3 nitrogen and oxygen atoms in total. The van der Waals surface area contributed by atoms with Gasteiger partial charge in [-0.15, -0.1) is 0 Å².